The molecule has 3 aromatic rings. The third-order valence-corrected chi connectivity index (χ3v) is 6.08. The molecule has 35 heavy (non-hydrogen) atoms. The van der Waals surface area contributed by atoms with Crippen molar-refractivity contribution in [2.45, 2.75) is 12.5 Å². The standard InChI is InChI=1S/C23H26N4O6S.H2O/c1-34(30,31)33-20(9-10-27-11-13-32-14-12-27)23(29)24-17-6-4-5-16(15-17)21-18-7-2-3-8-19(18)22(28)26-25-21;/h2-8,15,20H,9-14H2,1H3,(H,24,29)(H,26,28);1H2. The van der Waals surface area contributed by atoms with E-state index in [0.717, 1.165) is 19.3 Å². The molecule has 4 rings (SSSR count). The second-order valence-electron chi connectivity index (χ2n) is 8.05. The van der Waals surface area contributed by atoms with Crippen molar-refractivity contribution in [1.82, 2.24) is 15.1 Å². The highest BCUT2D eigenvalue weighted by Gasteiger charge is 2.25. The number of hydrogen-bond donors (Lipinski definition) is 2. The molecule has 0 saturated carbocycles. The van der Waals surface area contributed by atoms with Gasteiger partial charge in [-0.3, -0.25) is 18.7 Å². The van der Waals surface area contributed by atoms with Crippen LogP contribution in [0.15, 0.2) is 53.3 Å². The van der Waals surface area contributed by atoms with Crippen LogP contribution in [-0.4, -0.2) is 80.1 Å². The molecule has 188 valence electrons. The van der Waals surface area contributed by atoms with Crippen LogP contribution in [0.4, 0.5) is 5.69 Å². The van der Waals surface area contributed by atoms with Crippen LogP contribution in [0.1, 0.15) is 6.42 Å². The first-order valence-corrected chi connectivity index (χ1v) is 12.7. The molecule has 1 aliphatic heterocycles. The van der Waals surface area contributed by atoms with E-state index in [0.29, 0.717) is 47.5 Å². The first kappa shape index (κ1) is 26.4. The zero-order valence-electron chi connectivity index (χ0n) is 19.2. The van der Waals surface area contributed by atoms with Gasteiger partial charge in [0, 0.05) is 36.3 Å². The van der Waals surface area contributed by atoms with Crippen LogP contribution < -0.4 is 10.9 Å². The fourth-order valence-electron chi connectivity index (χ4n) is 3.86. The van der Waals surface area contributed by atoms with Crippen molar-refractivity contribution >= 4 is 32.5 Å². The molecule has 11 nitrogen and oxygen atoms in total. The van der Waals surface area contributed by atoms with Gasteiger partial charge in [0.15, 0.2) is 6.10 Å². The Morgan fingerprint density at radius 2 is 1.89 bits per heavy atom. The molecule has 0 radical (unpaired) electrons. The predicted octanol–water partition coefficient (Wildman–Crippen LogP) is 0.771. The number of fused-ring (bicyclic) bond motifs is 1. The van der Waals surface area contributed by atoms with E-state index in [-0.39, 0.29) is 17.5 Å². The number of rotatable bonds is 8. The van der Waals surface area contributed by atoms with E-state index in [1.165, 1.54) is 0 Å². The maximum atomic E-state index is 13.0. The number of carbonyl (C=O) groups is 1. The number of ether oxygens (including phenoxy) is 1. The molecular weight excluding hydrogens is 476 g/mol. The number of amides is 1. The number of aromatic amines is 1. The highest BCUT2D eigenvalue weighted by atomic mass is 32.2. The van der Waals surface area contributed by atoms with Gasteiger partial charge >= 0.3 is 0 Å². The summed E-state index contributed by atoms with van der Waals surface area (Å²) >= 11 is 0. The number of morpholine rings is 1. The summed E-state index contributed by atoms with van der Waals surface area (Å²) < 4.78 is 34.0. The Morgan fingerprint density at radius 1 is 1.17 bits per heavy atom. The Morgan fingerprint density at radius 3 is 2.60 bits per heavy atom. The number of nitrogens with zero attached hydrogens (tertiary/aromatic N) is 2. The molecule has 1 saturated heterocycles. The minimum atomic E-state index is -3.84. The summed E-state index contributed by atoms with van der Waals surface area (Å²) in [5.41, 5.74) is 1.40. The van der Waals surface area contributed by atoms with Gasteiger partial charge in [-0.25, -0.2) is 5.10 Å². The van der Waals surface area contributed by atoms with E-state index < -0.39 is 22.1 Å². The first-order valence-electron chi connectivity index (χ1n) is 10.9. The fourth-order valence-corrected chi connectivity index (χ4v) is 4.47. The summed E-state index contributed by atoms with van der Waals surface area (Å²) in [6, 6.07) is 14.1. The minimum Gasteiger partial charge on any atom is -0.412 e. The zero-order chi connectivity index (χ0) is 24.1. The van der Waals surface area contributed by atoms with Crippen LogP contribution in [0.25, 0.3) is 22.0 Å². The first-order chi connectivity index (χ1) is 16.3. The number of benzene rings is 2. The number of carbonyl (C=O) groups excluding carboxylic acids is 1. The second-order valence-corrected chi connectivity index (χ2v) is 9.65. The van der Waals surface area contributed by atoms with E-state index in [2.05, 4.69) is 20.4 Å². The van der Waals surface area contributed by atoms with Gasteiger partial charge in [0.2, 0.25) is 0 Å². The topological polar surface area (TPSA) is 162 Å². The van der Waals surface area contributed by atoms with Gasteiger partial charge in [-0.1, -0.05) is 30.3 Å². The summed E-state index contributed by atoms with van der Waals surface area (Å²) in [6.45, 7) is 3.14. The van der Waals surface area contributed by atoms with Crippen molar-refractivity contribution < 1.29 is 27.6 Å². The number of anilines is 1. The molecule has 2 aromatic carbocycles. The zero-order valence-corrected chi connectivity index (χ0v) is 20.0. The largest absolute Gasteiger partial charge is 0.412 e. The smallest absolute Gasteiger partial charge is 0.272 e. The SMILES string of the molecule is CS(=O)(=O)OC(CCN1CCOCC1)C(=O)Nc1cccc(-c2n[nH]c(=O)c3ccccc23)c1.O. The predicted molar refractivity (Wildman–Crippen MR) is 132 cm³/mol. The van der Waals surface area contributed by atoms with Crippen LogP contribution in [0.2, 0.25) is 0 Å². The number of aromatic nitrogens is 2. The van der Waals surface area contributed by atoms with Crippen molar-refractivity contribution in [2.75, 3.05) is 44.4 Å². The summed E-state index contributed by atoms with van der Waals surface area (Å²) in [5.74, 6) is -0.560. The Labute approximate surface area is 202 Å². The third kappa shape index (κ3) is 6.93. The summed E-state index contributed by atoms with van der Waals surface area (Å²) in [5, 5.41) is 10.6. The molecule has 1 atom stereocenters. The maximum Gasteiger partial charge on any atom is 0.272 e. The lowest BCUT2D eigenvalue weighted by Crippen LogP contribution is -2.40. The van der Waals surface area contributed by atoms with Gasteiger partial charge in [-0.15, -0.1) is 0 Å². The Balaban J connectivity index is 0.00000342. The van der Waals surface area contributed by atoms with E-state index >= 15 is 0 Å². The van der Waals surface area contributed by atoms with E-state index in [4.69, 9.17) is 8.92 Å². The molecule has 1 amide bonds. The molecule has 0 bridgehead atoms. The van der Waals surface area contributed by atoms with Crippen molar-refractivity contribution in [3.63, 3.8) is 0 Å². The molecular formula is C23H28N4O7S. The molecule has 1 unspecified atom stereocenters. The third-order valence-electron chi connectivity index (χ3n) is 5.49. The van der Waals surface area contributed by atoms with Gasteiger partial charge < -0.3 is 15.5 Å². The molecule has 1 aliphatic rings. The van der Waals surface area contributed by atoms with E-state index in [1.807, 2.05) is 12.1 Å². The second kappa shape index (κ2) is 11.5. The lowest BCUT2D eigenvalue weighted by Gasteiger charge is -2.27. The van der Waals surface area contributed by atoms with Crippen molar-refractivity contribution in [3.05, 3.63) is 58.9 Å². The van der Waals surface area contributed by atoms with E-state index in [9.17, 15) is 18.0 Å². The molecule has 2 heterocycles. The average molecular weight is 505 g/mol. The normalized spacial score (nSPS) is 15.3. The van der Waals surface area contributed by atoms with Crippen molar-refractivity contribution in [3.8, 4) is 11.3 Å². The van der Waals surface area contributed by atoms with Crippen LogP contribution in [0.3, 0.4) is 0 Å². The molecule has 0 aliphatic carbocycles. The molecule has 1 aromatic heterocycles. The molecule has 12 heteroatoms. The monoisotopic (exact) mass is 504 g/mol. The van der Waals surface area contributed by atoms with Gasteiger partial charge in [-0.05, 0) is 24.6 Å². The summed E-state index contributed by atoms with van der Waals surface area (Å²) in [4.78, 5) is 27.2. The lowest BCUT2D eigenvalue weighted by molar-refractivity contribution is -0.123. The van der Waals surface area contributed by atoms with Crippen LogP contribution in [0, 0.1) is 0 Å². The molecule has 0 spiro atoms. The van der Waals surface area contributed by atoms with Gasteiger partial charge in [0.05, 0.1) is 30.5 Å². The quantitative estimate of drug-likeness (QED) is 0.425. The highest BCUT2D eigenvalue weighted by Crippen LogP contribution is 2.26. The van der Waals surface area contributed by atoms with Gasteiger partial charge in [-0.2, -0.15) is 13.5 Å². The summed E-state index contributed by atoms with van der Waals surface area (Å²) in [7, 11) is -3.84. The Kier molecular flexibility index (Phi) is 8.70. The molecule has 4 N–H and O–H groups in total. The maximum absolute atomic E-state index is 13.0. The fraction of sp³-hybridized carbons (Fsp3) is 0.348. The van der Waals surface area contributed by atoms with Crippen LogP contribution in [-0.2, 0) is 23.8 Å². The van der Waals surface area contributed by atoms with Crippen LogP contribution in [0.5, 0.6) is 0 Å². The Bertz CT molecular complexity index is 1340. The van der Waals surface area contributed by atoms with E-state index in [1.54, 1.807) is 36.4 Å². The van der Waals surface area contributed by atoms with Gasteiger partial charge in [0.25, 0.3) is 21.6 Å². The minimum absolute atomic E-state index is 0. The Hall–Kier alpha value is -3.16. The van der Waals surface area contributed by atoms with Crippen molar-refractivity contribution in [1.29, 1.82) is 0 Å². The van der Waals surface area contributed by atoms with Crippen LogP contribution >= 0.6 is 0 Å². The molecule has 1 fully saturated rings. The highest BCUT2D eigenvalue weighted by molar-refractivity contribution is 7.86. The summed E-state index contributed by atoms with van der Waals surface area (Å²) in [6.07, 6.45) is -0.0335. The average Bonchev–Trinajstić information content (AvgIpc) is 2.82. The van der Waals surface area contributed by atoms with Gasteiger partial charge in [0.1, 0.15) is 0 Å². The lowest BCUT2D eigenvalue weighted by atomic mass is 10.0. The number of H-pyrrole nitrogens is 1. The number of nitrogens with one attached hydrogen (secondary N) is 2. The van der Waals surface area contributed by atoms with Crippen molar-refractivity contribution in [2.24, 2.45) is 0 Å². The number of hydrogen-bond acceptors (Lipinski definition) is 8.